The smallest absolute Gasteiger partial charge is 0.295 e. The Bertz CT molecular complexity index is 653. The maximum atomic E-state index is 12.7. The molecule has 2 rings (SSSR count). The second kappa shape index (κ2) is 5.19. The fraction of sp³-hybridized carbons (Fsp3) is 0.357. The Balaban J connectivity index is 2.42. The number of alkyl halides is 3. The summed E-state index contributed by atoms with van der Waals surface area (Å²) >= 11 is 0. The predicted octanol–water partition coefficient (Wildman–Crippen LogP) is 3.38. The molecule has 0 aliphatic rings. The highest BCUT2D eigenvalue weighted by Gasteiger charge is 2.30. The molecule has 6 heteroatoms. The van der Waals surface area contributed by atoms with Crippen LogP contribution in [-0.4, -0.2) is 9.78 Å². The summed E-state index contributed by atoms with van der Waals surface area (Å²) in [5, 5.41) is 2.84. The Morgan fingerprint density at radius 1 is 1.25 bits per heavy atom. The van der Waals surface area contributed by atoms with Crippen molar-refractivity contribution >= 4 is 0 Å². The molecule has 0 fully saturated rings. The van der Waals surface area contributed by atoms with E-state index in [9.17, 15) is 18.0 Å². The lowest BCUT2D eigenvalue weighted by atomic mass is 10.1. The molecule has 108 valence electrons. The van der Waals surface area contributed by atoms with E-state index >= 15 is 0 Å². The second-order valence-corrected chi connectivity index (χ2v) is 5.10. The summed E-state index contributed by atoms with van der Waals surface area (Å²) in [6, 6.07) is 6.10. The molecule has 1 aromatic heterocycles. The fourth-order valence-electron chi connectivity index (χ4n) is 2.00. The van der Waals surface area contributed by atoms with Crippen LogP contribution in [0.5, 0.6) is 0 Å². The van der Waals surface area contributed by atoms with Crippen LogP contribution in [0, 0.1) is 5.92 Å². The number of hydrogen-bond donors (Lipinski definition) is 1. The molecule has 0 amide bonds. The van der Waals surface area contributed by atoms with Gasteiger partial charge in [0, 0.05) is 11.8 Å². The van der Waals surface area contributed by atoms with Crippen molar-refractivity contribution in [2.24, 2.45) is 5.92 Å². The zero-order valence-electron chi connectivity index (χ0n) is 11.2. The Kier molecular flexibility index (Phi) is 3.74. The lowest BCUT2D eigenvalue weighted by molar-refractivity contribution is -0.137. The standard InChI is InChI=1S/C14H15F3N2O/c1-9(2)6-11-8-13(20)19(18-11)12-5-3-4-10(7-12)14(15,16)17/h3-5,7-9,18H,6H2,1-2H3. The largest absolute Gasteiger partial charge is 0.416 e. The van der Waals surface area contributed by atoms with Gasteiger partial charge in [-0.1, -0.05) is 19.9 Å². The van der Waals surface area contributed by atoms with Crippen molar-refractivity contribution in [2.45, 2.75) is 26.4 Å². The molecule has 20 heavy (non-hydrogen) atoms. The lowest BCUT2D eigenvalue weighted by Crippen LogP contribution is -2.14. The normalized spacial score (nSPS) is 12.1. The number of benzene rings is 1. The Morgan fingerprint density at radius 2 is 1.95 bits per heavy atom. The first-order valence-electron chi connectivity index (χ1n) is 6.26. The van der Waals surface area contributed by atoms with E-state index in [0.29, 0.717) is 18.0 Å². The number of halogens is 3. The first-order valence-corrected chi connectivity index (χ1v) is 6.26. The number of H-pyrrole nitrogens is 1. The minimum absolute atomic E-state index is 0.180. The zero-order valence-corrected chi connectivity index (χ0v) is 11.2. The number of nitrogens with one attached hydrogen (secondary N) is 1. The summed E-state index contributed by atoms with van der Waals surface area (Å²) in [5.74, 6) is 0.350. The second-order valence-electron chi connectivity index (χ2n) is 5.10. The van der Waals surface area contributed by atoms with Gasteiger partial charge >= 0.3 is 6.18 Å². The lowest BCUT2D eigenvalue weighted by Gasteiger charge is -2.09. The molecule has 1 aromatic carbocycles. The molecule has 3 nitrogen and oxygen atoms in total. The summed E-state index contributed by atoms with van der Waals surface area (Å²) < 4.78 is 39.1. The van der Waals surface area contributed by atoms with Crippen LogP contribution in [0.25, 0.3) is 5.69 Å². The Hall–Kier alpha value is -1.98. The number of nitrogens with zero attached hydrogens (tertiary/aromatic N) is 1. The highest BCUT2D eigenvalue weighted by molar-refractivity contribution is 5.36. The van der Waals surface area contributed by atoms with Crippen LogP contribution in [-0.2, 0) is 12.6 Å². The molecule has 0 spiro atoms. The molecule has 0 saturated heterocycles. The van der Waals surface area contributed by atoms with Crippen molar-refractivity contribution in [3.05, 3.63) is 51.9 Å². The summed E-state index contributed by atoms with van der Waals surface area (Å²) in [6.45, 7) is 4.00. The highest BCUT2D eigenvalue weighted by atomic mass is 19.4. The van der Waals surface area contributed by atoms with Gasteiger partial charge in [0.15, 0.2) is 0 Å². The number of aromatic amines is 1. The highest BCUT2D eigenvalue weighted by Crippen LogP contribution is 2.30. The fourth-order valence-corrected chi connectivity index (χ4v) is 2.00. The van der Waals surface area contributed by atoms with Crippen LogP contribution in [0.15, 0.2) is 35.1 Å². The van der Waals surface area contributed by atoms with E-state index in [1.165, 1.54) is 18.2 Å². The van der Waals surface area contributed by atoms with Gasteiger partial charge in [-0.3, -0.25) is 9.89 Å². The minimum Gasteiger partial charge on any atom is -0.295 e. The van der Waals surface area contributed by atoms with Crippen molar-refractivity contribution in [1.29, 1.82) is 0 Å². The van der Waals surface area contributed by atoms with E-state index in [0.717, 1.165) is 16.8 Å². The number of rotatable bonds is 3. The summed E-state index contributed by atoms with van der Waals surface area (Å²) in [4.78, 5) is 11.8. The van der Waals surface area contributed by atoms with Gasteiger partial charge in [0.05, 0.1) is 11.3 Å². The molecule has 2 aromatic rings. The maximum Gasteiger partial charge on any atom is 0.416 e. The van der Waals surface area contributed by atoms with Crippen LogP contribution >= 0.6 is 0 Å². The Morgan fingerprint density at radius 3 is 2.55 bits per heavy atom. The molecule has 0 bridgehead atoms. The van der Waals surface area contributed by atoms with Crippen molar-refractivity contribution < 1.29 is 13.2 Å². The van der Waals surface area contributed by atoms with E-state index in [1.54, 1.807) is 0 Å². The van der Waals surface area contributed by atoms with Gasteiger partial charge in [-0.2, -0.15) is 13.2 Å². The van der Waals surface area contributed by atoms with Gasteiger partial charge in [-0.05, 0) is 30.5 Å². The quantitative estimate of drug-likeness (QED) is 0.921. The molecule has 0 unspecified atom stereocenters. The van der Waals surface area contributed by atoms with E-state index in [4.69, 9.17) is 0 Å². The molecule has 0 atom stereocenters. The van der Waals surface area contributed by atoms with E-state index in [2.05, 4.69) is 5.10 Å². The number of aromatic nitrogens is 2. The number of hydrogen-bond acceptors (Lipinski definition) is 1. The third-order valence-corrected chi connectivity index (χ3v) is 2.83. The molecule has 0 aliphatic carbocycles. The summed E-state index contributed by atoms with van der Waals surface area (Å²) in [7, 11) is 0. The van der Waals surface area contributed by atoms with Crippen LogP contribution in [0.2, 0.25) is 0 Å². The van der Waals surface area contributed by atoms with Gasteiger partial charge in [0.2, 0.25) is 0 Å². The van der Waals surface area contributed by atoms with Gasteiger partial charge in [-0.25, -0.2) is 4.68 Å². The van der Waals surface area contributed by atoms with E-state index < -0.39 is 11.7 Å². The van der Waals surface area contributed by atoms with E-state index in [-0.39, 0.29) is 11.2 Å². The SMILES string of the molecule is CC(C)Cc1cc(=O)n(-c2cccc(C(F)(F)F)c2)[nH]1. The van der Waals surface area contributed by atoms with Gasteiger partial charge < -0.3 is 0 Å². The van der Waals surface area contributed by atoms with Crippen LogP contribution in [0.3, 0.4) is 0 Å². The maximum absolute atomic E-state index is 12.7. The first kappa shape index (κ1) is 14.4. The van der Waals surface area contributed by atoms with E-state index in [1.807, 2.05) is 13.8 Å². The summed E-state index contributed by atoms with van der Waals surface area (Å²) in [6.07, 6.45) is -3.76. The zero-order chi connectivity index (χ0) is 14.9. The summed E-state index contributed by atoms with van der Waals surface area (Å²) in [5.41, 5.74) is -0.246. The average Bonchev–Trinajstić information content (AvgIpc) is 2.68. The van der Waals surface area contributed by atoms with Crippen LogP contribution in [0.1, 0.15) is 25.1 Å². The molecule has 0 aliphatic heterocycles. The van der Waals surface area contributed by atoms with Crippen LogP contribution < -0.4 is 5.56 Å². The molecular formula is C14H15F3N2O. The predicted molar refractivity (Wildman–Crippen MR) is 69.9 cm³/mol. The van der Waals surface area contributed by atoms with Crippen molar-refractivity contribution in [1.82, 2.24) is 9.78 Å². The molecule has 0 saturated carbocycles. The van der Waals surface area contributed by atoms with Crippen molar-refractivity contribution in [3.8, 4) is 5.69 Å². The third kappa shape index (κ3) is 3.12. The van der Waals surface area contributed by atoms with Crippen LogP contribution in [0.4, 0.5) is 13.2 Å². The molecule has 0 radical (unpaired) electrons. The van der Waals surface area contributed by atoms with Gasteiger partial charge in [-0.15, -0.1) is 0 Å². The molecular weight excluding hydrogens is 269 g/mol. The molecule has 1 N–H and O–H groups in total. The molecule has 1 heterocycles. The van der Waals surface area contributed by atoms with Crippen molar-refractivity contribution in [2.75, 3.05) is 0 Å². The average molecular weight is 284 g/mol. The Labute approximate surface area is 114 Å². The third-order valence-electron chi connectivity index (χ3n) is 2.83. The van der Waals surface area contributed by atoms with Crippen molar-refractivity contribution in [3.63, 3.8) is 0 Å². The first-order chi connectivity index (χ1) is 9.27. The monoisotopic (exact) mass is 284 g/mol. The van der Waals surface area contributed by atoms with Gasteiger partial charge in [0.25, 0.3) is 5.56 Å². The van der Waals surface area contributed by atoms with Gasteiger partial charge in [0.1, 0.15) is 0 Å². The topological polar surface area (TPSA) is 37.8 Å². The minimum atomic E-state index is -4.42.